The largest absolute Gasteiger partial charge is 0.493 e. The summed E-state index contributed by atoms with van der Waals surface area (Å²) < 4.78 is 10.9. The molecule has 1 amide bonds. The van der Waals surface area contributed by atoms with E-state index in [-0.39, 0.29) is 24.5 Å². The highest BCUT2D eigenvalue weighted by atomic mass is 16.5. The van der Waals surface area contributed by atoms with Crippen molar-refractivity contribution in [2.45, 2.75) is 12.8 Å². The van der Waals surface area contributed by atoms with Gasteiger partial charge in [-0.1, -0.05) is 42.5 Å². The standard InChI is InChI=1S/C22H20N2O4/c1-27-19-9-5-6-10-20(19)28-22-14-11-17(15-23-22)24-21(26)13-12-18(25)16-7-3-2-4-8-16/h2-11,14-15H,12-13H2,1H3,(H,24,26). The molecule has 0 aliphatic carbocycles. The third-order valence-electron chi connectivity index (χ3n) is 3.98. The second-order valence-electron chi connectivity index (χ2n) is 5.98. The fourth-order valence-electron chi connectivity index (χ4n) is 2.55. The molecule has 1 N–H and O–H groups in total. The van der Waals surface area contributed by atoms with Crippen LogP contribution in [0.4, 0.5) is 5.69 Å². The molecule has 1 heterocycles. The maximum Gasteiger partial charge on any atom is 0.224 e. The number of pyridine rings is 1. The van der Waals surface area contributed by atoms with Crippen molar-refractivity contribution >= 4 is 17.4 Å². The zero-order valence-electron chi connectivity index (χ0n) is 15.4. The van der Waals surface area contributed by atoms with E-state index in [9.17, 15) is 9.59 Å². The van der Waals surface area contributed by atoms with Crippen LogP contribution in [0.1, 0.15) is 23.2 Å². The van der Waals surface area contributed by atoms with Crippen molar-refractivity contribution in [3.05, 3.63) is 78.5 Å². The number of hydrogen-bond donors (Lipinski definition) is 1. The zero-order chi connectivity index (χ0) is 19.8. The van der Waals surface area contributed by atoms with Crippen LogP contribution in [-0.2, 0) is 4.79 Å². The Kier molecular flexibility index (Phi) is 6.36. The Bertz CT molecular complexity index is 940. The lowest BCUT2D eigenvalue weighted by Crippen LogP contribution is -2.13. The van der Waals surface area contributed by atoms with Gasteiger partial charge in [-0.25, -0.2) is 4.98 Å². The summed E-state index contributed by atoms with van der Waals surface area (Å²) in [5.74, 6) is 1.22. The van der Waals surface area contributed by atoms with E-state index in [1.807, 2.05) is 18.2 Å². The Morgan fingerprint density at radius 1 is 0.893 bits per heavy atom. The molecular formula is C22H20N2O4. The number of anilines is 1. The van der Waals surface area contributed by atoms with Crippen molar-refractivity contribution in [2.75, 3.05) is 12.4 Å². The quantitative estimate of drug-likeness (QED) is 0.586. The number of nitrogens with one attached hydrogen (secondary N) is 1. The number of ether oxygens (including phenoxy) is 2. The highest BCUT2D eigenvalue weighted by Crippen LogP contribution is 2.30. The van der Waals surface area contributed by atoms with Crippen molar-refractivity contribution in [1.29, 1.82) is 0 Å². The molecule has 0 radical (unpaired) electrons. The van der Waals surface area contributed by atoms with E-state index in [2.05, 4.69) is 10.3 Å². The van der Waals surface area contributed by atoms with Crippen LogP contribution in [0.3, 0.4) is 0 Å². The van der Waals surface area contributed by atoms with Crippen molar-refractivity contribution in [3.8, 4) is 17.4 Å². The van der Waals surface area contributed by atoms with E-state index in [0.29, 0.717) is 28.6 Å². The van der Waals surface area contributed by atoms with Gasteiger partial charge in [0.25, 0.3) is 0 Å². The molecule has 0 atom stereocenters. The lowest BCUT2D eigenvalue weighted by molar-refractivity contribution is -0.116. The fraction of sp³-hybridized carbons (Fsp3) is 0.136. The molecule has 6 nitrogen and oxygen atoms in total. The minimum absolute atomic E-state index is 0.0607. The van der Waals surface area contributed by atoms with Crippen molar-refractivity contribution in [2.24, 2.45) is 0 Å². The highest BCUT2D eigenvalue weighted by molar-refractivity contribution is 5.99. The lowest BCUT2D eigenvalue weighted by Gasteiger charge is -2.10. The molecule has 0 fully saturated rings. The average molecular weight is 376 g/mol. The van der Waals surface area contributed by atoms with Gasteiger partial charge in [-0.3, -0.25) is 9.59 Å². The number of benzene rings is 2. The van der Waals surface area contributed by atoms with E-state index in [4.69, 9.17) is 9.47 Å². The first kappa shape index (κ1) is 19.1. The number of nitrogens with zero attached hydrogens (tertiary/aromatic N) is 1. The van der Waals surface area contributed by atoms with Gasteiger partial charge in [-0.05, 0) is 18.2 Å². The minimum Gasteiger partial charge on any atom is -0.493 e. The molecule has 2 aromatic carbocycles. The van der Waals surface area contributed by atoms with Crippen LogP contribution in [-0.4, -0.2) is 23.8 Å². The summed E-state index contributed by atoms with van der Waals surface area (Å²) in [5.41, 5.74) is 1.14. The molecule has 142 valence electrons. The molecule has 0 aliphatic heterocycles. The second-order valence-corrected chi connectivity index (χ2v) is 5.98. The Hall–Kier alpha value is -3.67. The summed E-state index contributed by atoms with van der Waals surface area (Å²) >= 11 is 0. The van der Waals surface area contributed by atoms with Crippen LogP contribution >= 0.6 is 0 Å². The molecule has 0 saturated heterocycles. The van der Waals surface area contributed by atoms with E-state index in [1.165, 1.54) is 6.20 Å². The summed E-state index contributed by atoms with van der Waals surface area (Å²) in [7, 11) is 1.57. The minimum atomic E-state index is -0.246. The number of para-hydroxylation sites is 2. The van der Waals surface area contributed by atoms with E-state index < -0.39 is 0 Å². The Morgan fingerprint density at radius 2 is 1.61 bits per heavy atom. The van der Waals surface area contributed by atoms with Gasteiger partial charge in [-0.2, -0.15) is 0 Å². The number of carbonyl (C=O) groups excluding carboxylic acids is 2. The summed E-state index contributed by atoms with van der Waals surface area (Å²) in [5, 5.41) is 2.73. The third kappa shape index (κ3) is 5.17. The Balaban J connectivity index is 1.52. The molecular weight excluding hydrogens is 356 g/mol. The fourth-order valence-corrected chi connectivity index (χ4v) is 2.55. The summed E-state index contributed by atoms with van der Waals surface area (Å²) in [4.78, 5) is 28.3. The van der Waals surface area contributed by atoms with Crippen LogP contribution in [0.25, 0.3) is 0 Å². The van der Waals surface area contributed by atoms with Gasteiger partial charge in [0.05, 0.1) is 19.0 Å². The predicted molar refractivity (Wildman–Crippen MR) is 106 cm³/mol. The van der Waals surface area contributed by atoms with Crippen LogP contribution in [0.15, 0.2) is 72.9 Å². The topological polar surface area (TPSA) is 77.5 Å². The number of aromatic nitrogens is 1. The first-order valence-electron chi connectivity index (χ1n) is 8.81. The normalized spacial score (nSPS) is 10.2. The van der Waals surface area contributed by atoms with Gasteiger partial charge in [-0.15, -0.1) is 0 Å². The zero-order valence-corrected chi connectivity index (χ0v) is 15.4. The predicted octanol–water partition coefficient (Wildman–Crippen LogP) is 4.48. The SMILES string of the molecule is COc1ccccc1Oc1ccc(NC(=O)CCC(=O)c2ccccc2)cn1. The van der Waals surface area contributed by atoms with Crippen LogP contribution in [0.2, 0.25) is 0 Å². The van der Waals surface area contributed by atoms with E-state index >= 15 is 0 Å². The number of hydrogen-bond acceptors (Lipinski definition) is 5. The molecule has 0 bridgehead atoms. The van der Waals surface area contributed by atoms with Crippen LogP contribution < -0.4 is 14.8 Å². The maximum atomic E-state index is 12.1. The van der Waals surface area contributed by atoms with Crippen molar-refractivity contribution in [3.63, 3.8) is 0 Å². The Morgan fingerprint density at radius 3 is 2.29 bits per heavy atom. The summed E-state index contributed by atoms with van der Waals surface area (Å²) in [6.45, 7) is 0. The van der Waals surface area contributed by atoms with Crippen LogP contribution in [0, 0.1) is 0 Å². The molecule has 0 saturated carbocycles. The number of methoxy groups -OCH3 is 1. The molecule has 28 heavy (non-hydrogen) atoms. The van der Waals surface area contributed by atoms with Gasteiger partial charge in [0.1, 0.15) is 0 Å². The molecule has 3 rings (SSSR count). The number of rotatable bonds is 8. The number of ketones is 1. The molecule has 6 heteroatoms. The first-order chi connectivity index (χ1) is 13.7. The lowest BCUT2D eigenvalue weighted by atomic mass is 10.1. The molecule has 1 aromatic heterocycles. The molecule has 0 aliphatic rings. The third-order valence-corrected chi connectivity index (χ3v) is 3.98. The van der Waals surface area contributed by atoms with Crippen molar-refractivity contribution in [1.82, 2.24) is 4.98 Å². The van der Waals surface area contributed by atoms with Crippen molar-refractivity contribution < 1.29 is 19.1 Å². The number of carbonyl (C=O) groups is 2. The van der Waals surface area contributed by atoms with Gasteiger partial charge >= 0.3 is 0 Å². The van der Waals surface area contributed by atoms with Gasteiger partial charge in [0.15, 0.2) is 17.3 Å². The number of Topliss-reactive ketones (excluding diaryl/α,β-unsaturated/α-hetero) is 1. The molecule has 0 unspecified atom stereocenters. The van der Waals surface area contributed by atoms with E-state index in [1.54, 1.807) is 55.6 Å². The second kappa shape index (κ2) is 9.32. The van der Waals surface area contributed by atoms with Crippen LogP contribution in [0.5, 0.6) is 17.4 Å². The van der Waals surface area contributed by atoms with E-state index in [0.717, 1.165) is 0 Å². The van der Waals surface area contributed by atoms with Gasteiger partial charge in [0.2, 0.25) is 11.8 Å². The first-order valence-corrected chi connectivity index (χ1v) is 8.81. The maximum absolute atomic E-state index is 12.1. The average Bonchev–Trinajstić information content (AvgIpc) is 2.74. The smallest absolute Gasteiger partial charge is 0.224 e. The number of amides is 1. The summed E-state index contributed by atoms with van der Waals surface area (Å²) in [6.07, 6.45) is 1.76. The monoisotopic (exact) mass is 376 g/mol. The summed E-state index contributed by atoms with van der Waals surface area (Å²) in [6, 6.07) is 19.5. The highest BCUT2D eigenvalue weighted by Gasteiger charge is 2.10. The van der Waals surface area contributed by atoms with Gasteiger partial charge in [0, 0.05) is 24.5 Å². The Labute approximate surface area is 163 Å². The van der Waals surface area contributed by atoms with Gasteiger partial charge < -0.3 is 14.8 Å². The molecule has 3 aromatic rings. The molecule has 0 spiro atoms.